The van der Waals surface area contributed by atoms with Crippen LogP contribution in [0.4, 0.5) is 0 Å². The summed E-state index contributed by atoms with van der Waals surface area (Å²) in [5.41, 5.74) is 1.42. The molecule has 1 aromatic heterocycles. The Bertz CT molecular complexity index is 659. The third-order valence-electron chi connectivity index (χ3n) is 5.05. The van der Waals surface area contributed by atoms with E-state index in [0.29, 0.717) is 6.04 Å². The number of piperazine rings is 1. The Morgan fingerprint density at radius 3 is 2.58 bits per heavy atom. The largest absolute Gasteiger partial charge is 0.354 e. The summed E-state index contributed by atoms with van der Waals surface area (Å²) in [5.74, 6) is 0.998. The number of nitrogens with one attached hydrogen (secondary N) is 1. The predicted molar refractivity (Wildman–Crippen MR) is 106 cm³/mol. The number of imidazole rings is 1. The molecule has 0 spiro atoms. The molecule has 0 aliphatic carbocycles. The minimum Gasteiger partial charge on any atom is -0.354 e. The quantitative estimate of drug-likeness (QED) is 0.638. The highest BCUT2D eigenvalue weighted by atomic mass is 15.4. The number of hydrogen-bond acceptors (Lipinski definition) is 3. The first-order chi connectivity index (χ1) is 12.8. The number of rotatable bonds is 6. The van der Waals surface area contributed by atoms with Gasteiger partial charge < -0.3 is 14.8 Å². The Balaban J connectivity index is 1.50. The lowest BCUT2D eigenvalue weighted by molar-refractivity contribution is 0.127. The second-order valence-corrected chi connectivity index (χ2v) is 6.63. The third-order valence-corrected chi connectivity index (χ3v) is 5.05. The van der Waals surface area contributed by atoms with E-state index in [1.54, 1.807) is 0 Å². The summed E-state index contributed by atoms with van der Waals surface area (Å²) in [6.45, 7) is 8.17. The Kier molecular flexibility index (Phi) is 6.66. The zero-order valence-electron chi connectivity index (χ0n) is 15.9. The van der Waals surface area contributed by atoms with Crippen LogP contribution in [-0.4, -0.2) is 65.1 Å². The monoisotopic (exact) mass is 354 g/mol. The lowest BCUT2D eigenvalue weighted by Gasteiger charge is -2.40. The van der Waals surface area contributed by atoms with Crippen LogP contribution >= 0.6 is 0 Å². The van der Waals surface area contributed by atoms with Gasteiger partial charge in [0.15, 0.2) is 5.96 Å². The van der Waals surface area contributed by atoms with E-state index in [1.165, 1.54) is 5.56 Å². The van der Waals surface area contributed by atoms with Crippen LogP contribution in [0.5, 0.6) is 0 Å². The summed E-state index contributed by atoms with van der Waals surface area (Å²) in [6.07, 6.45) is 6.78. The van der Waals surface area contributed by atoms with Crippen molar-refractivity contribution in [2.24, 2.45) is 4.99 Å². The number of hydrogen-bond donors (Lipinski definition) is 1. The van der Waals surface area contributed by atoms with Gasteiger partial charge in [-0.15, -0.1) is 0 Å². The summed E-state index contributed by atoms with van der Waals surface area (Å²) in [5, 5.41) is 3.48. The van der Waals surface area contributed by atoms with E-state index in [0.717, 1.165) is 51.6 Å². The van der Waals surface area contributed by atoms with Crippen LogP contribution < -0.4 is 5.32 Å². The van der Waals surface area contributed by atoms with Gasteiger partial charge in [-0.2, -0.15) is 0 Å². The van der Waals surface area contributed by atoms with Gasteiger partial charge in [0.05, 0.1) is 6.33 Å². The molecule has 0 radical (unpaired) electrons. The highest BCUT2D eigenvalue weighted by molar-refractivity contribution is 5.79. The molecule has 1 saturated heterocycles. The van der Waals surface area contributed by atoms with Crippen molar-refractivity contribution in [3.05, 3.63) is 54.6 Å². The molecular formula is C20H30N6. The van der Waals surface area contributed by atoms with Crippen LogP contribution in [-0.2, 0) is 6.54 Å². The second kappa shape index (κ2) is 9.38. The van der Waals surface area contributed by atoms with Gasteiger partial charge in [-0.05, 0) is 12.0 Å². The molecule has 0 bridgehead atoms. The summed E-state index contributed by atoms with van der Waals surface area (Å²) in [6, 6.07) is 11.4. The normalized spacial score (nSPS) is 17.3. The van der Waals surface area contributed by atoms with Gasteiger partial charge in [0.1, 0.15) is 0 Å². The Hall–Kier alpha value is -2.34. The van der Waals surface area contributed by atoms with Crippen LogP contribution in [0.1, 0.15) is 24.9 Å². The van der Waals surface area contributed by atoms with Gasteiger partial charge in [0.25, 0.3) is 0 Å². The van der Waals surface area contributed by atoms with E-state index in [9.17, 15) is 0 Å². The lowest BCUT2D eigenvalue weighted by atomic mass is 10.0. The van der Waals surface area contributed by atoms with Crippen LogP contribution in [0, 0.1) is 0 Å². The first kappa shape index (κ1) is 18.5. The Morgan fingerprint density at radius 2 is 1.96 bits per heavy atom. The molecule has 0 amide bonds. The van der Waals surface area contributed by atoms with Crippen molar-refractivity contribution in [3.8, 4) is 0 Å². The second-order valence-electron chi connectivity index (χ2n) is 6.63. The number of aliphatic imine (C=N–C) groups is 1. The number of aromatic nitrogens is 2. The molecule has 140 valence electrons. The lowest BCUT2D eigenvalue weighted by Crippen LogP contribution is -2.53. The third kappa shape index (κ3) is 4.64. The van der Waals surface area contributed by atoms with Gasteiger partial charge in [-0.25, -0.2) is 4.98 Å². The van der Waals surface area contributed by atoms with E-state index in [2.05, 4.69) is 66.9 Å². The van der Waals surface area contributed by atoms with Crippen molar-refractivity contribution in [1.82, 2.24) is 24.7 Å². The summed E-state index contributed by atoms with van der Waals surface area (Å²) in [7, 11) is 1.87. The minimum atomic E-state index is 0.509. The average Bonchev–Trinajstić information content (AvgIpc) is 3.21. The maximum Gasteiger partial charge on any atom is 0.193 e. The first-order valence-corrected chi connectivity index (χ1v) is 9.52. The molecule has 2 heterocycles. The van der Waals surface area contributed by atoms with Crippen LogP contribution in [0.3, 0.4) is 0 Å². The van der Waals surface area contributed by atoms with Crippen LogP contribution in [0.15, 0.2) is 54.0 Å². The SMILES string of the molecule is CCC(c1ccccc1)N1CCN(C(=NC)NCCn2ccnc2)CC1. The van der Waals surface area contributed by atoms with Crippen LogP contribution in [0.2, 0.25) is 0 Å². The minimum absolute atomic E-state index is 0.509. The first-order valence-electron chi connectivity index (χ1n) is 9.52. The maximum atomic E-state index is 4.47. The topological polar surface area (TPSA) is 48.7 Å². The molecule has 1 atom stereocenters. The summed E-state index contributed by atoms with van der Waals surface area (Å²) < 4.78 is 2.07. The summed E-state index contributed by atoms with van der Waals surface area (Å²) in [4.78, 5) is 13.5. The van der Waals surface area contributed by atoms with E-state index in [4.69, 9.17) is 0 Å². The van der Waals surface area contributed by atoms with Crippen molar-refractivity contribution >= 4 is 5.96 Å². The number of benzene rings is 1. The van der Waals surface area contributed by atoms with Crippen molar-refractivity contribution in [3.63, 3.8) is 0 Å². The fourth-order valence-corrected chi connectivity index (χ4v) is 3.67. The molecule has 6 nitrogen and oxygen atoms in total. The molecule has 0 saturated carbocycles. The maximum absolute atomic E-state index is 4.47. The zero-order chi connectivity index (χ0) is 18.2. The fraction of sp³-hybridized carbons (Fsp3) is 0.500. The molecule has 1 N–H and O–H groups in total. The molecule has 1 fully saturated rings. The average molecular weight is 355 g/mol. The van der Waals surface area contributed by atoms with Crippen molar-refractivity contribution in [1.29, 1.82) is 0 Å². The highest BCUT2D eigenvalue weighted by Crippen LogP contribution is 2.25. The van der Waals surface area contributed by atoms with Gasteiger partial charge in [-0.1, -0.05) is 37.3 Å². The summed E-state index contributed by atoms with van der Waals surface area (Å²) >= 11 is 0. The van der Waals surface area contributed by atoms with Gasteiger partial charge in [-0.3, -0.25) is 9.89 Å². The molecule has 1 aliphatic rings. The smallest absolute Gasteiger partial charge is 0.193 e. The molecule has 1 unspecified atom stereocenters. The molecule has 2 aromatic rings. The number of nitrogens with zero attached hydrogens (tertiary/aromatic N) is 5. The van der Waals surface area contributed by atoms with Crippen molar-refractivity contribution in [2.45, 2.75) is 25.9 Å². The van der Waals surface area contributed by atoms with E-state index >= 15 is 0 Å². The van der Waals surface area contributed by atoms with Gasteiger partial charge in [0, 0.05) is 64.8 Å². The Morgan fingerprint density at radius 1 is 1.19 bits per heavy atom. The van der Waals surface area contributed by atoms with Crippen LogP contribution in [0.25, 0.3) is 0 Å². The number of guanidine groups is 1. The van der Waals surface area contributed by atoms with E-state index < -0.39 is 0 Å². The van der Waals surface area contributed by atoms with E-state index in [1.807, 2.05) is 25.8 Å². The molecule has 6 heteroatoms. The molecule has 26 heavy (non-hydrogen) atoms. The molecule has 3 rings (SSSR count). The molecule has 1 aliphatic heterocycles. The molecular weight excluding hydrogens is 324 g/mol. The predicted octanol–water partition coefficient (Wildman–Crippen LogP) is 2.23. The molecule has 1 aromatic carbocycles. The van der Waals surface area contributed by atoms with Crippen molar-refractivity contribution in [2.75, 3.05) is 39.8 Å². The highest BCUT2D eigenvalue weighted by Gasteiger charge is 2.25. The van der Waals surface area contributed by atoms with Gasteiger partial charge >= 0.3 is 0 Å². The standard InChI is InChI=1S/C20H30N6/c1-3-19(18-7-5-4-6-8-18)25-13-15-26(16-14-25)20(21-2)23-10-12-24-11-9-22-17-24/h4-9,11,17,19H,3,10,12-16H2,1-2H3,(H,21,23). The Labute approximate surface area is 156 Å². The van der Waals surface area contributed by atoms with Gasteiger partial charge in [0.2, 0.25) is 0 Å². The van der Waals surface area contributed by atoms with Crippen molar-refractivity contribution < 1.29 is 0 Å². The fourth-order valence-electron chi connectivity index (χ4n) is 3.67. The van der Waals surface area contributed by atoms with E-state index in [-0.39, 0.29) is 0 Å². The zero-order valence-corrected chi connectivity index (χ0v) is 15.9.